The number of hydrogen-bond acceptors (Lipinski definition) is 5. The van der Waals surface area contributed by atoms with Gasteiger partial charge in [0, 0.05) is 31.6 Å². The van der Waals surface area contributed by atoms with E-state index in [1.807, 2.05) is 24.3 Å². The smallest absolute Gasteiger partial charge is 0.220 e. The highest BCUT2D eigenvalue weighted by molar-refractivity contribution is 5.76. The van der Waals surface area contributed by atoms with Crippen LogP contribution in [0.1, 0.15) is 25.2 Å². The summed E-state index contributed by atoms with van der Waals surface area (Å²) >= 11 is 0. The largest absolute Gasteiger partial charge is 0.497 e. The lowest BCUT2D eigenvalue weighted by atomic mass is 10.2. The van der Waals surface area contributed by atoms with E-state index in [0.29, 0.717) is 31.0 Å². The molecule has 0 aliphatic carbocycles. The molecule has 1 aromatic heterocycles. The number of nitrogens with one attached hydrogen (secondary N) is 1. The maximum Gasteiger partial charge on any atom is 0.220 e. The van der Waals surface area contributed by atoms with Crippen molar-refractivity contribution in [1.82, 2.24) is 10.3 Å². The van der Waals surface area contributed by atoms with Crippen LogP contribution in [0.15, 0.2) is 34.9 Å². The van der Waals surface area contributed by atoms with Gasteiger partial charge in [-0.1, -0.05) is 12.1 Å². The monoisotopic (exact) mass is 330 g/mol. The lowest BCUT2D eigenvalue weighted by Crippen LogP contribution is -2.31. The summed E-state index contributed by atoms with van der Waals surface area (Å²) < 4.78 is 16.4. The summed E-state index contributed by atoms with van der Waals surface area (Å²) in [5.74, 6) is 1.98. The maximum absolute atomic E-state index is 11.9. The topological polar surface area (TPSA) is 73.6 Å². The van der Waals surface area contributed by atoms with Crippen LogP contribution in [0.25, 0.3) is 11.3 Å². The highest BCUT2D eigenvalue weighted by Crippen LogP contribution is 2.24. The van der Waals surface area contributed by atoms with Crippen molar-refractivity contribution in [1.29, 1.82) is 0 Å². The van der Waals surface area contributed by atoms with Crippen LogP contribution in [0.3, 0.4) is 0 Å². The average Bonchev–Trinajstić information content (AvgIpc) is 3.30. The van der Waals surface area contributed by atoms with Gasteiger partial charge in [-0.25, -0.2) is 4.98 Å². The third-order valence-corrected chi connectivity index (χ3v) is 4.02. The van der Waals surface area contributed by atoms with Gasteiger partial charge in [-0.2, -0.15) is 0 Å². The molecule has 1 atom stereocenters. The molecule has 6 heteroatoms. The van der Waals surface area contributed by atoms with E-state index in [-0.39, 0.29) is 12.0 Å². The van der Waals surface area contributed by atoms with E-state index in [2.05, 4.69) is 10.3 Å². The summed E-state index contributed by atoms with van der Waals surface area (Å²) in [6, 6.07) is 7.59. The quantitative estimate of drug-likeness (QED) is 0.844. The number of oxazole rings is 1. The van der Waals surface area contributed by atoms with Crippen molar-refractivity contribution in [3.05, 3.63) is 36.4 Å². The Morgan fingerprint density at radius 1 is 1.46 bits per heavy atom. The van der Waals surface area contributed by atoms with E-state index >= 15 is 0 Å². The van der Waals surface area contributed by atoms with E-state index in [9.17, 15) is 4.79 Å². The molecule has 0 bridgehead atoms. The number of methoxy groups -OCH3 is 1. The summed E-state index contributed by atoms with van der Waals surface area (Å²) in [6.45, 7) is 1.38. The average molecular weight is 330 g/mol. The number of nitrogens with zero attached hydrogens (tertiary/aromatic N) is 1. The molecule has 6 nitrogen and oxygen atoms in total. The molecule has 1 aliphatic heterocycles. The summed E-state index contributed by atoms with van der Waals surface area (Å²) in [6.07, 6.45) is 4.75. The number of benzene rings is 1. The van der Waals surface area contributed by atoms with Gasteiger partial charge in [-0.15, -0.1) is 0 Å². The lowest BCUT2D eigenvalue weighted by molar-refractivity contribution is -0.121. The third-order valence-electron chi connectivity index (χ3n) is 4.02. The second kappa shape index (κ2) is 7.97. The first-order valence-corrected chi connectivity index (χ1v) is 8.22. The van der Waals surface area contributed by atoms with Crippen LogP contribution in [-0.2, 0) is 16.0 Å². The molecular formula is C18H22N2O4. The molecule has 128 valence electrons. The molecule has 2 aromatic rings. The van der Waals surface area contributed by atoms with Gasteiger partial charge in [-0.3, -0.25) is 4.79 Å². The zero-order valence-corrected chi connectivity index (χ0v) is 13.8. The summed E-state index contributed by atoms with van der Waals surface area (Å²) in [5.41, 5.74) is 0.899. The molecule has 0 radical (unpaired) electrons. The Morgan fingerprint density at radius 3 is 3.17 bits per heavy atom. The number of aromatic nitrogens is 1. The normalized spacial score (nSPS) is 17.0. The Morgan fingerprint density at radius 2 is 2.38 bits per heavy atom. The van der Waals surface area contributed by atoms with Gasteiger partial charge in [-0.05, 0) is 25.0 Å². The van der Waals surface area contributed by atoms with Crippen molar-refractivity contribution in [2.24, 2.45) is 0 Å². The molecule has 3 rings (SSSR count). The molecular weight excluding hydrogens is 308 g/mol. The molecule has 1 aliphatic rings. The Bertz CT molecular complexity index is 677. The molecule has 1 N–H and O–H groups in total. The number of amides is 1. The standard InChI is InChI=1S/C18H22N2O4/c1-22-14-5-2-4-13(10-14)16-12-20-18(24-16)8-7-17(21)19-11-15-6-3-9-23-15/h2,4-5,10,12,15H,3,6-9,11H2,1H3,(H,19,21)/t15-/m1/s1. The van der Waals surface area contributed by atoms with Gasteiger partial charge in [0.2, 0.25) is 5.91 Å². The van der Waals surface area contributed by atoms with Crippen LogP contribution in [-0.4, -0.2) is 37.3 Å². The zero-order chi connectivity index (χ0) is 16.8. The number of aryl methyl sites for hydroxylation is 1. The predicted octanol–water partition coefficient (Wildman–Crippen LogP) is 2.58. The molecule has 0 spiro atoms. The van der Waals surface area contributed by atoms with Crippen molar-refractivity contribution in [3.63, 3.8) is 0 Å². The fraction of sp³-hybridized carbons (Fsp3) is 0.444. The lowest BCUT2D eigenvalue weighted by Gasteiger charge is -2.10. The number of hydrogen-bond donors (Lipinski definition) is 1. The van der Waals surface area contributed by atoms with E-state index in [1.54, 1.807) is 13.3 Å². The summed E-state index contributed by atoms with van der Waals surface area (Å²) in [4.78, 5) is 16.1. The van der Waals surface area contributed by atoms with Gasteiger partial charge in [0.1, 0.15) is 5.75 Å². The zero-order valence-electron chi connectivity index (χ0n) is 13.8. The van der Waals surface area contributed by atoms with Crippen molar-refractivity contribution in [3.8, 4) is 17.1 Å². The first kappa shape index (κ1) is 16.5. The molecule has 0 saturated carbocycles. The number of carbonyl (C=O) groups excluding carboxylic acids is 1. The minimum Gasteiger partial charge on any atom is -0.497 e. The molecule has 2 heterocycles. The minimum absolute atomic E-state index is 0.00775. The Kier molecular flexibility index (Phi) is 5.48. The van der Waals surface area contributed by atoms with Crippen LogP contribution in [0.5, 0.6) is 5.75 Å². The summed E-state index contributed by atoms with van der Waals surface area (Å²) in [7, 11) is 1.63. The summed E-state index contributed by atoms with van der Waals surface area (Å²) in [5, 5.41) is 2.90. The van der Waals surface area contributed by atoms with E-state index in [4.69, 9.17) is 13.9 Å². The first-order valence-electron chi connectivity index (χ1n) is 8.22. The van der Waals surface area contributed by atoms with Crippen molar-refractivity contribution in [2.45, 2.75) is 31.8 Å². The predicted molar refractivity (Wildman–Crippen MR) is 88.8 cm³/mol. The van der Waals surface area contributed by atoms with Gasteiger partial charge in [0.25, 0.3) is 0 Å². The van der Waals surface area contributed by atoms with E-state index in [0.717, 1.165) is 30.8 Å². The highest BCUT2D eigenvalue weighted by atomic mass is 16.5. The van der Waals surface area contributed by atoms with E-state index in [1.165, 1.54) is 0 Å². The number of ether oxygens (including phenoxy) is 2. The molecule has 24 heavy (non-hydrogen) atoms. The van der Waals surface area contributed by atoms with E-state index < -0.39 is 0 Å². The molecule has 1 fully saturated rings. The second-order valence-electron chi connectivity index (χ2n) is 5.79. The second-order valence-corrected chi connectivity index (χ2v) is 5.79. The molecule has 1 aromatic carbocycles. The van der Waals surface area contributed by atoms with Gasteiger partial charge < -0.3 is 19.2 Å². The Labute approximate surface area is 141 Å². The first-order chi connectivity index (χ1) is 11.7. The Hall–Kier alpha value is -2.34. The number of carbonyl (C=O) groups is 1. The van der Waals surface area contributed by atoms with Crippen LogP contribution in [0.2, 0.25) is 0 Å². The van der Waals surface area contributed by atoms with Crippen LogP contribution in [0, 0.1) is 0 Å². The van der Waals surface area contributed by atoms with Crippen LogP contribution in [0.4, 0.5) is 0 Å². The van der Waals surface area contributed by atoms with Crippen molar-refractivity contribution >= 4 is 5.91 Å². The highest BCUT2D eigenvalue weighted by Gasteiger charge is 2.16. The third kappa shape index (κ3) is 4.35. The Balaban J connectivity index is 1.49. The van der Waals surface area contributed by atoms with Gasteiger partial charge in [0.05, 0.1) is 19.4 Å². The van der Waals surface area contributed by atoms with Crippen LogP contribution >= 0.6 is 0 Å². The SMILES string of the molecule is COc1cccc(-c2cnc(CCC(=O)NC[C@H]3CCCO3)o2)c1. The van der Waals surface area contributed by atoms with Crippen molar-refractivity contribution in [2.75, 3.05) is 20.3 Å². The van der Waals surface area contributed by atoms with Gasteiger partial charge in [0.15, 0.2) is 11.7 Å². The molecule has 0 unspecified atom stereocenters. The molecule has 1 amide bonds. The minimum atomic E-state index is -0.00775. The van der Waals surface area contributed by atoms with Crippen molar-refractivity contribution < 1.29 is 18.7 Å². The molecule has 1 saturated heterocycles. The fourth-order valence-corrected chi connectivity index (χ4v) is 2.68. The van der Waals surface area contributed by atoms with Gasteiger partial charge >= 0.3 is 0 Å². The number of rotatable bonds is 7. The van der Waals surface area contributed by atoms with Crippen LogP contribution < -0.4 is 10.1 Å². The fourth-order valence-electron chi connectivity index (χ4n) is 2.68. The maximum atomic E-state index is 11.9.